The van der Waals surface area contributed by atoms with Gasteiger partial charge in [-0.2, -0.15) is 0 Å². The summed E-state index contributed by atoms with van der Waals surface area (Å²) in [6, 6.07) is -0.181. The topological polar surface area (TPSA) is 138 Å². The Kier molecular flexibility index (Phi) is 11.3. The van der Waals surface area contributed by atoms with Gasteiger partial charge in [0.2, 0.25) is 5.91 Å². The number of likely N-dealkylation sites (N-methyl/N-ethyl adjacent to an activating group) is 1. The number of hydrogen-bond donors (Lipinski definition) is 4. The van der Waals surface area contributed by atoms with E-state index in [1.165, 1.54) is 0 Å². The molecule has 1 rings (SSSR count). The van der Waals surface area contributed by atoms with Gasteiger partial charge in [0.25, 0.3) is 0 Å². The van der Waals surface area contributed by atoms with Crippen LogP contribution in [0.15, 0.2) is 9.98 Å². The molecule has 1 aliphatic rings. The van der Waals surface area contributed by atoms with Crippen molar-refractivity contribution >= 4 is 17.8 Å². The molecule has 0 aromatic rings. The average molecular weight is 397 g/mol. The van der Waals surface area contributed by atoms with Gasteiger partial charge in [-0.05, 0) is 39.5 Å². The molecule has 1 saturated heterocycles. The highest BCUT2D eigenvalue weighted by molar-refractivity contribution is 5.82. The van der Waals surface area contributed by atoms with Crippen LogP contribution in [0.5, 0.6) is 0 Å². The van der Waals surface area contributed by atoms with E-state index in [1.54, 1.807) is 0 Å². The van der Waals surface area contributed by atoms with Gasteiger partial charge in [-0.25, -0.2) is 0 Å². The van der Waals surface area contributed by atoms with Gasteiger partial charge in [0.15, 0.2) is 11.9 Å². The molecule has 0 spiro atoms. The van der Waals surface area contributed by atoms with E-state index in [0.29, 0.717) is 32.0 Å². The first-order valence-corrected chi connectivity index (χ1v) is 10.4. The standard InChI is InChI=1S/C19H40N8O/c1-15(2)25-19-26(3)13-14-27(19)12-7-5-4-6-10-23-17(28)16(20)9-8-11-24-18(21)22/h15-16H,4-14,20H2,1-3H3,(H,23,28)(H4,21,22,24). The minimum Gasteiger partial charge on any atom is -0.370 e. The summed E-state index contributed by atoms with van der Waals surface area (Å²) in [5.74, 6) is 1.09. The minimum absolute atomic E-state index is 0.0678. The lowest BCUT2D eigenvalue weighted by Gasteiger charge is -2.21. The van der Waals surface area contributed by atoms with E-state index in [9.17, 15) is 4.79 Å². The number of nitrogens with two attached hydrogens (primary N) is 3. The van der Waals surface area contributed by atoms with Gasteiger partial charge in [0, 0.05) is 45.8 Å². The van der Waals surface area contributed by atoms with Crippen LogP contribution in [0.2, 0.25) is 0 Å². The number of carbonyl (C=O) groups is 1. The van der Waals surface area contributed by atoms with E-state index in [0.717, 1.165) is 51.3 Å². The second kappa shape index (κ2) is 13.2. The number of guanidine groups is 2. The van der Waals surface area contributed by atoms with Crippen LogP contribution in [0, 0.1) is 0 Å². The van der Waals surface area contributed by atoms with Crippen LogP contribution in [0.4, 0.5) is 0 Å². The third-order valence-corrected chi connectivity index (χ3v) is 4.66. The molecule has 1 atom stereocenters. The Balaban J connectivity index is 2.08. The quantitative estimate of drug-likeness (QED) is 0.197. The SMILES string of the molecule is CC(C)N=C1N(C)CCN1CCCCCCNC(=O)C(N)CCCN=C(N)N. The molecule has 7 N–H and O–H groups in total. The maximum atomic E-state index is 11.9. The van der Waals surface area contributed by atoms with Crippen LogP contribution >= 0.6 is 0 Å². The molecule has 1 unspecified atom stereocenters. The fourth-order valence-electron chi connectivity index (χ4n) is 3.11. The van der Waals surface area contributed by atoms with Crippen molar-refractivity contribution in [2.45, 2.75) is 64.5 Å². The van der Waals surface area contributed by atoms with Crippen LogP contribution in [0.25, 0.3) is 0 Å². The first-order chi connectivity index (χ1) is 13.3. The first kappa shape index (κ1) is 24.0. The number of hydrogen-bond acceptors (Lipinski definition) is 4. The molecule has 28 heavy (non-hydrogen) atoms. The Hall–Kier alpha value is -2.03. The van der Waals surface area contributed by atoms with Crippen LogP contribution in [-0.2, 0) is 4.79 Å². The molecular weight excluding hydrogens is 356 g/mol. The fraction of sp³-hybridized carbons (Fsp3) is 0.842. The Morgan fingerprint density at radius 1 is 1.14 bits per heavy atom. The Bertz CT molecular complexity index is 516. The molecule has 0 bridgehead atoms. The second-order valence-corrected chi connectivity index (χ2v) is 7.69. The highest BCUT2D eigenvalue weighted by Crippen LogP contribution is 2.10. The van der Waals surface area contributed by atoms with Gasteiger partial charge in [-0.15, -0.1) is 0 Å². The van der Waals surface area contributed by atoms with Gasteiger partial charge in [-0.1, -0.05) is 12.8 Å². The third-order valence-electron chi connectivity index (χ3n) is 4.66. The molecule has 1 heterocycles. The van der Waals surface area contributed by atoms with Crippen molar-refractivity contribution < 1.29 is 4.79 Å². The molecule has 0 saturated carbocycles. The summed E-state index contributed by atoms with van der Waals surface area (Å²) < 4.78 is 0. The molecule has 9 heteroatoms. The molecule has 162 valence electrons. The van der Waals surface area contributed by atoms with E-state index >= 15 is 0 Å². The number of nitrogens with zero attached hydrogens (tertiary/aromatic N) is 4. The van der Waals surface area contributed by atoms with E-state index in [-0.39, 0.29) is 11.9 Å². The Morgan fingerprint density at radius 3 is 2.54 bits per heavy atom. The van der Waals surface area contributed by atoms with Gasteiger partial charge < -0.3 is 32.3 Å². The summed E-state index contributed by atoms with van der Waals surface area (Å²) in [7, 11) is 2.11. The highest BCUT2D eigenvalue weighted by Gasteiger charge is 2.22. The molecule has 1 fully saturated rings. The van der Waals surface area contributed by atoms with Gasteiger partial charge >= 0.3 is 0 Å². The highest BCUT2D eigenvalue weighted by atomic mass is 16.2. The van der Waals surface area contributed by atoms with Crippen LogP contribution in [-0.4, -0.2) is 79.5 Å². The largest absolute Gasteiger partial charge is 0.370 e. The summed E-state index contributed by atoms with van der Waals surface area (Å²) in [4.78, 5) is 25.2. The van der Waals surface area contributed by atoms with E-state index in [2.05, 4.69) is 41.0 Å². The molecule has 0 radical (unpaired) electrons. The summed E-state index contributed by atoms with van der Waals surface area (Å²) in [6.07, 6.45) is 5.63. The third kappa shape index (κ3) is 9.77. The zero-order chi connectivity index (χ0) is 20.9. The summed E-state index contributed by atoms with van der Waals surface area (Å²) in [5.41, 5.74) is 16.4. The monoisotopic (exact) mass is 396 g/mol. The number of amides is 1. The lowest BCUT2D eigenvalue weighted by molar-refractivity contribution is -0.122. The fourth-order valence-corrected chi connectivity index (χ4v) is 3.11. The van der Waals surface area contributed by atoms with E-state index in [4.69, 9.17) is 22.2 Å². The molecule has 0 aromatic carbocycles. The first-order valence-electron chi connectivity index (χ1n) is 10.4. The predicted octanol–water partition coefficient (Wildman–Crippen LogP) is 0.0557. The van der Waals surface area contributed by atoms with Gasteiger partial charge in [-0.3, -0.25) is 14.8 Å². The summed E-state index contributed by atoms with van der Waals surface area (Å²) >= 11 is 0. The van der Waals surface area contributed by atoms with Crippen molar-refractivity contribution in [3.05, 3.63) is 0 Å². The maximum Gasteiger partial charge on any atom is 0.236 e. The molecule has 1 aliphatic heterocycles. The smallest absolute Gasteiger partial charge is 0.236 e. The Labute approximate surface area is 169 Å². The lowest BCUT2D eigenvalue weighted by Crippen LogP contribution is -2.41. The molecular formula is C19H40N8O. The number of aliphatic imine (C=N–C) groups is 2. The molecule has 0 aliphatic carbocycles. The number of rotatable bonds is 13. The summed E-state index contributed by atoms with van der Waals surface area (Å²) in [5, 5.41) is 2.91. The average Bonchev–Trinajstić information content (AvgIpc) is 2.96. The van der Waals surface area contributed by atoms with Gasteiger partial charge in [0.1, 0.15) is 0 Å². The van der Waals surface area contributed by atoms with Crippen molar-refractivity contribution in [2.75, 3.05) is 39.8 Å². The van der Waals surface area contributed by atoms with Crippen molar-refractivity contribution in [1.29, 1.82) is 0 Å². The number of unbranched alkanes of at least 4 members (excludes halogenated alkanes) is 3. The molecule has 0 aromatic heterocycles. The number of carbonyl (C=O) groups excluding carboxylic acids is 1. The van der Waals surface area contributed by atoms with Gasteiger partial charge in [0.05, 0.1) is 6.04 Å². The zero-order valence-corrected chi connectivity index (χ0v) is 17.9. The van der Waals surface area contributed by atoms with Crippen molar-refractivity contribution in [1.82, 2.24) is 15.1 Å². The normalized spacial score (nSPS) is 16.7. The Morgan fingerprint density at radius 2 is 1.86 bits per heavy atom. The van der Waals surface area contributed by atoms with Crippen molar-refractivity contribution in [3.63, 3.8) is 0 Å². The zero-order valence-electron chi connectivity index (χ0n) is 17.9. The van der Waals surface area contributed by atoms with Crippen molar-refractivity contribution in [3.8, 4) is 0 Å². The predicted molar refractivity (Wildman–Crippen MR) is 116 cm³/mol. The summed E-state index contributed by atoms with van der Waals surface area (Å²) in [6.45, 7) is 8.54. The van der Waals surface area contributed by atoms with Crippen LogP contribution in [0.1, 0.15) is 52.4 Å². The maximum absolute atomic E-state index is 11.9. The molecule has 1 amide bonds. The van der Waals surface area contributed by atoms with Crippen LogP contribution in [0.3, 0.4) is 0 Å². The van der Waals surface area contributed by atoms with Crippen LogP contribution < -0.4 is 22.5 Å². The van der Waals surface area contributed by atoms with E-state index in [1.807, 2.05) is 0 Å². The van der Waals surface area contributed by atoms with Crippen molar-refractivity contribution in [2.24, 2.45) is 27.2 Å². The minimum atomic E-state index is -0.500. The second-order valence-electron chi connectivity index (χ2n) is 7.69. The van der Waals surface area contributed by atoms with E-state index < -0.39 is 6.04 Å². The number of nitrogens with one attached hydrogen (secondary N) is 1. The molecule has 9 nitrogen and oxygen atoms in total. The lowest BCUT2D eigenvalue weighted by atomic mass is 10.1.